The van der Waals surface area contributed by atoms with Crippen LogP contribution in [-0.4, -0.2) is 47.3 Å². The molecule has 0 saturated carbocycles. The fourth-order valence-electron chi connectivity index (χ4n) is 2.54. The molecule has 1 atom stereocenters. The van der Waals surface area contributed by atoms with Crippen LogP contribution in [0.3, 0.4) is 0 Å². The molecule has 1 fully saturated rings. The van der Waals surface area contributed by atoms with Gasteiger partial charge in [-0.3, -0.25) is 4.79 Å². The Bertz CT molecular complexity index is 515. The summed E-state index contributed by atoms with van der Waals surface area (Å²) < 4.78 is 19.4. The number of benzene rings is 1. The van der Waals surface area contributed by atoms with Crippen LogP contribution in [0.2, 0.25) is 5.02 Å². The van der Waals surface area contributed by atoms with Crippen LogP contribution >= 0.6 is 11.6 Å². The van der Waals surface area contributed by atoms with Crippen molar-refractivity contribution in [3.8, 4) is 0 Å². The first-order valence-electron chi connectivity index (χ1n) is 6.82. The number of rotatable bonds is 3. The van der Waals surface area contributed by atoms with Crippen molar-refractivity contribution in [1.29, 1.82) is 0 Å². The van der Waals surface area contributed by atoms with Crippen molar-refractivity contribution in [1.82, 2.24) is 4.90 Å². The number of aliphatic hydroxyl groups is 1. The monoisotopic (exact) mass is 315 g/mol. The van der Waals surface area contributed by atoms with E-state index >= 15 is 0 Å². The standard InChI is InChI=1S/C15H19ClFNO3/c1-15(2)9-18(7-10(8-19)21-15)14(20)6-11-12(16)4-3-5-13(11)17/h3-5,10,19H,6-9H2,1-2H3. The minimum Gasteiger partial charge on any atom is -0.394 e. The highest BCUT2D eigenvalue weighted by Crippen LogP contribution is 2.24. The molecule has 1 unspecified atom stereocenters. The van der Waals surface area contributed by atoms with E-state index in [0.717, 1.165) is 0 Å². The highest BCUT2D eigenvalue weighted by atomic mass is 35.5. The maximum atomic E-state index is 13.8. The van der Waals surface area contributed by atoms with Gasteiger partial charge in [0.2, 0.25) is 5.91 Å². The average molecular weight is 316 g/mol. The molecule has 116 valence electrons. The molecule has 1 aliphatic heterocycles. The zero-order valence-corrected chi connectivity index (χ0v) is 12.9. The molecule has 1 aliphatic rings. The quantitative estimate of drug-likeness (QED) is 0.928. The number of aliphatic hydroxyl groups excluding tert-OH is 1. The van der Waals surface area contributed by atoms with Gasteiger partial charge in [-0.1, -0.05) is 17.7 Å². The fraction of sp³-hybridized carbons (Fsp3) is 0.533. The highest BCUT2D eigenvalue weighted by molar-refractivity contribution is 6.31. The molecule has 0 radical (unpaired) electrons. The van der Waals surface area contributed by atoms with Crippen molar-refractivity contribution in [2.45, 2.75) is 32.0 Å². The normalized spacial score (nSPS) is 21.4. The molecule has 6 heteroatoms. The number of halogens is 2. The molecular weight excluding hydrogens is 297 g/mol. The molecule has 0 spiro atoms. The second-order valence-corrected chi connectivity index (χ2v) is 6.24. The van der Waals surface area contributed by atoms with Crippen LogP contribution in [0.1, 0.15) is 19.4 Å². The van der Waals surface area contributed by atoms with Crippen LogP contribution in [0.4, 0.5) is 4.39 Å². The second-order valence-electron chi connectivity index (χ2n) is 5.83. The Hall–Kier alpha value is -1.17. The molecule has 1 heterocycles. The van der Waals surface area contributed by atoms with E-state index in [-0.39, 0.29) is 29.5 Å². The number of hydrogen-bond donors (Lipinski definition) is 1. The molecular formula is C15H19ClFNO3. The third kappa shape index (κ3) is 3.93. The van der Waals surface area contributed by atoms with Gasteiger partial charge < -0.3 is 14.7 Å². The summed E-state index contributed by atoms with van der Waals surface area (Å²) >= 11 is 5.95. The van der Waals surface area contributed by atoms with Crippen molar-refractivity contribution < 1.29 is 19.0 Å². The van der Waals surface area contributed by atoms with Gasteiger partial charge in [-0.25, -0.2) is 4.39 Å². The van der Waals surface area contributed by atoms with E-state index in [1.165, 1.54) is 12.1 Å². The van der Waals surface area contributed by atoms with E-state index in [1.807, 2.05) is 13.8 Å². The summed E-state index contributed by atoms with van der Waals surface area (Å²) in [6.07, 6.45) is -0.520. The molecule has 1 N–H and O–H groups in total. The van der Waals surface area contributed by atoms with Crippen LogP contribution in [0.15, 0.2) is 18.2 Å². The fourth-order valence-corrected chi connectivity index (χ4v) is 2.77. The van der Waals surface area contributed by atoms with Crippen LogP contribution in [0, 0.1) is 5.82 Å². The van der Waals surface area contributed by atoms with Gasteiger partial charge in [-0.05, 0) is 26.0 Å². The van der Waals surface area contributed by atoms with Gasteiger partial charge in [-0.15, -0.1) is 0 Å². The van der Waals surface area contributed by atoms with Gasteiger partial charge in [0.05, 0.1) is 24.7 Å². The predicted octanol–water partition coefficient (Wildman–Crippen LogP) is 2.02. The van der Waals surface area contributed by atoms with Crippen LogP contribution in [-0.2, 0) is 16.0 Å². The van der Waals surface area contributed by atoms with Crippen molar-refractivity contribution in [3.05, 3.63) is 34.6 Å². The van der Waals surface area contributed by atoms with Gasteiger partial charge in [-0.2, -0.15) is 0 Å². The SMILES string of the molecule is CC1(C)CN(C(=O)Cc2c(F)cccc2Cl)CC(CO)O1. The highest BCUT2D eigenvalue weighted by Gasteiger charge is 2.35. The van der Waals surface area contributed by atoms with Crippen molar-refractivity contribution in [3.63, 3.8) is 0 Å². The first-order valence-corrected chi connectivity index (χ1v) is 7.19. The molecule has 21 heavy (non-hydrogen) atoms. The summed E-state index contributed by atoms with van der Waals surface area (Å²) in [6.45, 7) is 4.24. The molecule has 0 bridgehead atoms. The zero-order chi connectivity index (χ0) is 15.6. The summed E-state index contributed by atoms with van der Waals surface area (Å²) in [5.41, 5.74) is -0.339. The van der Waals surface area contributed by atoms with Crippen LogP contribution < -0.4 is 0 Å². The third-order valence-electron chi connectivity index (χ3n) is 3.43. The summed E-state index contributed by atoms with van der Waals surface area (Å²) in [7, 11) is 0. The van der Waals surface area contributed by atoms with E-state index in [9.17, 15) is 14.3 Å². The predicted molar refractivity (Wildman–Crippen MR) is 77.7 cm³/mol. The molecule has 1 aromatic rings. The lowest BCUT2D eigenvalue weighted by Crippen LogP contribution is -2.55. The Morgan fingerprint density at radius 2 is 2.29 bits per heavy atom. The van der Waals surface area contributed by atoms with E-state index in [2.05, 4.69) is 0 Å². The summed E-state index contributed by atoms with van der Waals surface area (Å²) in [5.74, 6) is -0.709. The Morgan fingerprint density at radius 1 is 1.57 bits per heavy atom. The molecule has 1 amide bonds. The maximum absolute atomic E-state index is 13.8. The largest absolute Gasteiger partial charge is 0.394 e. The average Bonchev–Trinajstić information content (AvgIpc) is 2.41. The van der Waals surface area contributed by atoms with Crippen LogP contribution in [0.25, 0.3) is 0 Å². The lowest BCUT2D eigenvalue weighted by Gasteiger charge is -2.42. The first-order chi connectivity index (χ1) is 9.82. The van der Waals surface area contributed by atoms with Gasteiger partial charge in [0.25, 0.3) is 0 Å². The Morgan fingerprint density at radius 3 is 2.90 bits per heavy atom. The minimum absolute atomic E-state index is 0.0975. The smallest absolute Gasteiger partial charge is 0.227 e. The summed E-state index contributed by atoms with van der Waals surface area (Å²) in [6, 6.07) is 4.35. The Balaban J connectivity index is 2.13. The summed E-state index contributed by atoms with van der Waals surface area (Å²) in [5, 5.41) is 9.50. The van der Waals surface area contributed by atoms with Crippen LogP contribution in [0.5, 0.6) is 0 Å². The number of amides is 1. The molecule has 1 aromatic carbocycles. The molecule has 2 rings (SSSR count). The Kier molecular flexibility index (Phi) is 4.86. The van der Waals surface area contributed by atoms with E-state index in [1.54, 1.807) is 11.0 Å². The van der Waals surface area contributed by atoms with Crippen molar-refractivity contribution in [2.75, 3.05) is 19.7 Å². The lowest BCUT2D eigenvalue weighted by atomic mass is 10.0. The lowest BCUT2D eigenvalue weighted by molar-refractivity contribution is -0.166. The van der Waals surface area contributed by atoms with Crippen molar-refractivity contribution >= 4 is 17.5 Å². The molecule has 0 aliphatic carbocycles. The van der Waals surface area contributed by atoms with E-state index in [0.29, 0.717) is 13.1 Å². The third-order valence-corrected chi connectivity index (χ3v) is 3.78. The second kappa shape index (κ2) is 6.30. The summed E-state index contributed by atoms with van der Waals surface area (Å²) in [4.78, 5) is 14.0. The van der Waals surface area contributed by atoms with E-state index in [4.69, 9.17) is 16.3 Å². The van der Waals surface area contributed by atoms with Gasteiger partial charge in [0.15, 0.2) is 0 Å². The number of carbonyl (C=O) groups excluding carboxylic acids is 1. The van der Waals surface area contributed by atoms with Gasteiger partial charge in [0, 0.05) is 23.7 Å². The number of hydrogen-bond acceptors (Lipinski definition) is 3. The maximum Gasteiger partial charge on any atom is 0.227 e. The minimum atomic E-state index is -0.541. The topological polar surface area (TPSA) is 49.8 Å². The number of morpholine rings is 1. The first kappa shape index (κ1) is 16.2. The van der Waals surface area contributed by atoms with Crippen molar-refractivity contribution in [2.24, 2.45) is 0 Å². The number of carbonyl (C=O) groups is 1. The van der Waals surface area contributed by atoms with Gasteiger partial charge in [0.1, 0.15) is 5.82 Å². The zero-order valence-electron chi connectivity index (χ0n) is 12.1. The van der Waals surface area contributed by atoms with E-state index < -0.39 is 17.5 Å². The van der Waals surface area contributed by atoms with Gasteiger partial charge >= 0.3 is 0 Å². The molecule has 0 aromatic heterocycles. The molecule has 4 nitrogen and oxygen atoms in total. The number of ether oxygens (including phenoxy) is 1. The number of nitrogens with zero attached hydrogens (tertiary/aromatic N) is 1. The Labute approximate surface area is 128 Å². The molecule has 1 saturated heterocycles.